The van der Waals surface area contributed by atoms with E-state index in [0.29, 0.717) is 18.9 Å². The van der Waals surface area contributed by atoms with Crippen LogP contribution >= 0.6 is 0 Å². The van der Waals surface area contributed by atoms with Crippen LogP contribution in [-0.2, 0) is 4.79 Å². The molecule has 1 amide bonds. The molecule has 4 heteroatoms. The molecule has 4 nitrogen and oxygen atoms in total. The monoisotopic (exact) mass is 293 g/mol. The second-order valence-corrected chi connectivity index (χ2v) is 6.28. The zero-order valence-electron chi connectivity index (χ0n) is 14.2. The van der Waals surface area contributed by atoms with Crippen LogP contribution < -0.4 is 0 Å². The number of amides is 1. The molecule has 0 saturated carbocycles. The lowest BCUT2D eigenvalue weighted by molar-refractivity contribution is -0.142. The van der Waals surface area contributed by atoms with Crippen LogP contribution in [0, 0.1) is 16.7 Å². The van der Waals surface area contributed by atoms with E-state index >= 15 is 0 Å². The Morgan fingerprint density at radius 2 is 1.67 bits per heavy atom. The van der Waals surface area contributed by atoms with Crippen molar-refractivity contribution in [1.82, 2.24) is 9.80 Å². The highest BCUT2D eigenvalue weighted by Crippen LogP contribution is 2.32. The van der Waals surface area contributed by atoms with Crippen LogP contribution in [0.2, 0.25) is 0 Å². The summed E-state index contributed by atoms with van der Waals surface area (Å²) in [6, 6.07) is 2.93. The van der Waals surface area contributed by atoms with Crippen molar-refractivity contribution in [2.75, 3.05) is 26.2 Å². The van der Waals surface area contributed by atoms with Gasteiger partial charge in [0.1, 0.15) is 5.41 Å². The maximum absolute atomic E-state index is 12.9. The largest absolute Gasteiger partial charge is 0.339 e. The molecule has 1 fully saturated rings. The molecule has 1 heterocycles. The first-order chi connectivity index (χ1) is 10.0. The van der Waals surface area contributed by atoms with Gasteiger partial charge in [-0.25, -0.2) is 0 Å². The van der Waals surface area contributed by atoms with E-state index in [1.165, 1.54) is 0 Å². The van der Waals surface area contributed by atoms with E-state index in [2.05, 4.69) is 38.7 Å². The summed E-state index contributed by atoms with van der Waals surface area (Å²) in [6.45, 7) is 11.9. The number of hydrogen-bond acceptors (Lipinski definition) is 3. The lowest BCUT2D eigenvalue weighted by Gasteiger charge is -2.40. The van der Waals surface area contributed by atoms with E-state index < -0.39 is 5.41 Å². The van der Waals surface area contributed by atoms with Crippen molar-refractivity contribution in [2.24, 2.45) is 5.41 Å². The third-order valence-electron chi connectivity index (χ3n) is 4.79. The average Bonchev–Trinajstić information content (AvgIpc) is 2.53. The minimum absolute atomic E-state index is 0.0671. The molecule has 1 rings (SSSR count). The fraction of sp³-hybridized carbons (Fsp3) is 0.882. The van der Waals surface area contributed by atoms with Gasteiger partial charge >= 0.3 is 0 Å². The molecule has 120 valence electrons. The van der Waals surface area contributed by atoms with Crippen molar-refractivity contribution in [3.8, 4) is 6.07 Å². The third kappa shape index (κ3) is 4.20. The van der Waals surface area contributed by atoms with Gasteiger partial charge in [0.25, 0.3) is 0 Å². The number of carbonyl (C=O) groups excluding carboxylic acids is 1. The Labute approximate surface area is 130 Å². The molecule has 0 aromatic rings. The average molecular weight is 293 g/mol. The summed E-state index contributed by atoms with van der Waals surface area (Å²) in [5.41, 5.74) is -0.790. The van der Waals surface area contributed by atoms with Gasteiger partial charge in [0.05, 0.1) is 6.07 Å². The molecule has 1 unspecified atom stereocenters. The molecule has 0 spiro atoms. The van der Waals surface area contributed by atoms with Crippen LogP contribution in [-0.4, -0.2) is 47.9 Å². The molecular weight excluding hydrogens is 262 g/mol. The number of hydrogen-bond donors (Lipinski definition) is 0. The zero-order chi connectivity index (χ0) is 15.9. The molecule has 0 N–H and O–H groups in total. The summed E-state index contributed by atoms with van der Waals surface area (Å²) in [5.74, 6) is 0.0671. The van der Waals surface area contributed by atoms with Crippen LogP contribution in [0.1, 0.15) is 59.8 Å². The van der Waals surface area contributed by atoms with Crippen LogP contribution in [0.25, 0.3) is 0 Å². The topological polar surface area (TPSA) is 47.3 Å². The van der Waals surface area contributed by atoms with E-state index in [4.69, 9.17) is 0 Å². The Morgan fingerprint density at radius 1 is 1.14 bits per heavy atom. The van der Waals surface area contributed by atoms with Crippen LogP contribution in [0.15, 0.2) is 0 Å². The van der Waals surface area contributed by atoms with Crippen molar-refractivity contribution in [1.29, 1.82) is 5.26 Å². The molecule has 21 heavy (non-hydrogen) atoms. The molecule has 0 aromatic carbocycles. The molecule has 0 aromatic heterocycles. The number of rotatable bonds is 7. The Morgan fingerprint density at radius 3 is 2.05 bits per heavy atom. The van der Waals surface area contributed by atoms with Gasteiger partial charge in [-0.05, 0) is 26.2 Å². The Balaban J connectivity index is 2.72. The van der Waals surface area contributed by atoms with Gasteiger partial charge in [-0.1, -0.05) is 33.6 Å². The quantitative estimate of drug-likeness (QED) is 0.725. The van der Waals surface area contributed by atoms with Gasteiger partial charge in [0, 0.05) is 32.2 Å². The van der Waals surface area contributed by atoms with Gasteiger partial charge in [-0.2, -0.15) is 5.26 Å². The number of nitrogens with zero attached hydrogens (tertiary/aromatic N) is 3. The lowest BCUT2D eigenvalue weighted by atomic mass is 9.79. The molecule has 1 atom stereocenters. The van der Waals surface area contributed by atoms with Crippen molar-refractivity contribution in [3.63, 3.8) is 0 Å². The Hall–Kier alpha value is -1.08. The first-order valence-corrected chi connectivity index (χ1v) is 8.49. The minimum atomic E-state index is -0.790. The number of carbonyl (C=O) groups is 1. The van der Waals surface area contributed by atoms with Crippen LogP contribution in [0.3, 0.4) is 0 Å². The molecule has 1 saturated heterocycles. The van der Waals surface area contributed by atoms with E-state index in [1.807, 2.05) is 4.90 Å². The van der Waals surface area contributed by atoms with Crippen molar-refractivity contribution in [2.45, 2.75) is 65.8 Å². The lowest BCUT2D eigenvalue weighted by Crippen LogP contribution is -2.54. The first-order valence-electron chi connectivity index (χ1n) is 8.49. The third-order valence-corrected chi connectivity index (χ3v) is 4.79. The summed E-state index contributed by atoms with van der Waals surface area (Å²) in [5, 5.41) is 9.61. The van der Waals surface area contributed by atoms with E-state index in [0.717, 1.165) is 45.4 Å². The van der Waals surface area contributed by atoms with Gasteiger partial charge in [0.2, 0.25) is 5.91 Å². The first kappa shape index (κ1) is 18.0. The predicted octanol–water partition coefficient (Wildman–Crippen LogP) is 3.04. The maximum atomic E-state index is 12.9. The second kappa shape index (κ2) is 8.38. The zero-order valence-corrected chi connectivity index (χ0v) is 14.2. The Kier molecular flexibility index (Phi) is 7.17. The summed E-state index contributed by atoms with van der Waals surface area (Å²) in [7, 11) is 0. The van der Waals surface area contributed by atoms with E-state index in [-0.39, 0.29) is 5.91 Å². The highest BCUT2D eigenvalue weighted by atomic mass is 16.2. The number of nitriles is 1. The molecular formula is C17H31N3O. The van der Waals surface area contributed by atoms with E-state index in [1.54, 1.807) is 0 Å². The highest BCUT2D eigenvalue weighted by Gasteiger charge is 2.40. The van der Waals surface area contributed by atoms with Crippen molar-refractivity contribution >= 4 is 5.91 Å². The molecule has 0 aliphatic carbocycles. The van der Waals surface area contributed by atoms with E-state index in [9.17, 15) is 10.1 Å². The summed E-state index contributed by atoms with van der Waals surface area (Å²) in [6.07, 6.45) is 4.27. The van der Waals surface area contributed by atoms with Crippen LogP contribution in [0.4, 0.5) is 0 Å². The molecule has 1 aliphatic heterocycles. The predicted molar refractivity (Wildman–Crippen MR) is 85.8 cm³/mol. The minimum Gasteiger partial charge on any atom is -0.339 e. The smallest absolute Gasteiger partial charge is 0.243 e. The molecule has 0 radical (unpaired) electrons. The normalized spacial score (nSPS) is 18.3. The maximum Gasteiger partial charge on any atom is 0.243 e. The summed E-state index contributed by atoms with van der Waals surface area (Å²) >= 11 is 0. The highest BCUT2D eigenvalue weighted by molar-refractivity contribution is 5.85. The molecule has 1 aliphatic rings. The van der Waals surface area contributed by atoms with Crippen molar-refractivity contribution < 1.29 is 4.79 Å². The van der Waals surface area contributed by atoms with Crippen LogP contribution in [0.5, 0.6) is 0 Å². The van der Waals surface area contributed by atoms with Gasteiger partial charge < -0.3 is 4.90 Å². The number of piperazine rings is 1. The standard InChI is InChI=1S/C17H31N3O/c1-5-8-17(14-18,9-6-2)16(21)20-12-10-19(11-13-20)15(4)7-3/h15H,5-13H2,1-4H3. The van der Waals surface area contributed by atoms with Gasteiger partial charge in [-0.3, -0.25) is 9.69 Å². The summed E-state index contributed by atoms with van der Waals surface area (Å²) < 4.78 is 0. The fourth-order valence-electron chi connectivity index (χ4n) is 3.28. The second-order valence-electron chi connectivity index (χ2n) is 6.28. The summed E-state index contributed by atoms with van der Waals surface area (Å²) in [4.78, 5) is 17.2. The molecule has 0 bridgehead atoms. The van der Waals surface area contributed by atoms with Gasteiger partial charge in [-0.15, -0.1) is 0 Å². The van der Waals surface area contributed by atoms with Crippen molar-refractivity contribution in [3.05, 3.63) is 0 Å². The Bertz CT molecular complexity index is 361. The fourth-order valence-corrected chi connectivity index (χ4v) is 3.28. The van der Waals surface area contributed by atoms with Gasteiger partial charge in [0.15, 0.2) is 0 Å². The SMILES string of the molecule is CCCC(C#N)(CCC)C(=O)N1CCN(C(C)CC)CC1.